The predicted molar refractivity (Wildman–Crippen MR) is 91.8 cm³/mol. The largest absolute Gasteiger partial charge is 0.326 e. The highest BCUT2D eigenvalue weighted by Gasteiger charge is 2.26. The van der Waals surface area contributed by atoms with Crippen LogP contribution in [-0.4, -0.2) is 29.9 Å². The number of benzene rings is 2. The zero-order valence-corrected chi connectivity index (χ0v) is 13.3. The number of anilines is 1. The van der Waals surface area contributed by atoms with Gasteiger partial charge in [0.1, 0.15) is 5.82 Å². The number of nitrogens with zero attached hydrogens (tertiary/aromatic N) is 2. The fourth-order valence-corrected chi connectivity index (χ4v) is 3.36. The Hall–Kier alpha value is -2.69. The number of carbonyl (C=O) groups is 1. The summed E-state index contributed by atoms with van der Waals surface area (Å²) < 4.78 is 13.1. The van der Waals surface area contributed by atoms with Crippen molar-refractivity contribution in [2.75, 3.05) is 18.4 Å². The Bertz CT molecular complexity index is 814. The maximum atomic E-state index is 13.1. The maximum absolute atomic E-state index is 13.1. The van der Waals surface area contributed by atoms with Crippen LogP contribution < -0.4 is 5.32 Å². The van der Waals surface area contributed by atoms with Gasteiger partial charge in [0, 0.05) is 17.8 Å². The van der Waals surface area contributed by atoms with E-state index >= 15 is 0 Å². The second-order valence-electron chi connectivity index (χ2n) is 6.09. The molecule has 4 rings (SSSR count). The van der Waals surface area contributed by atoms with Crippen LogP contribution in [0.3, 0.4) is 0 Å². The molecule has 0 atom stereocenters. The lowest BCUT2D eigenvalue weighted by Crippen LogP contribution is -2.38. The van der Waals surface area contributed by atoms with E-state index in [-0.39, 0.29) is 11.7 Å². The van der Waals surface area contributed by atoms with E-state index in [1.807, 2.05) is 12.1 Å². The molecule has 4 nitrogen and oxygen atoms in total. The van der Waals surface area contributed by atoms with E-state index in [1.165, 1.54) is 41.8 Å². The first-order valence-corrected chi connectivity index (χ1v) is 8.22. The van der Waals surface area contributed by atoms with Crippen LogP contribution in [0.4, 0.5) is 10.1 Å². The molecule has 0 fully saturated rings. The van der Waals surface area contributed by atoms with Crippen LogP contribution in [-0.2, 0) is 12.8 Å². The number of nitrogens with one attached hydrogen (secondary N) is 1. The summed E-state index contributed by atoms with van der Waals surface area (Å²) in [5.74, 6) is 0.0655. The standard InChI is InChI=1S/C19H18FN3O/c20-15-9-7-14(8-10-15)18(24)23-12-11-21-19(23)22-17-6-2-4-13-3-1-5-16(13)17/h2,4,6-10H,1,3,5,11-12H2,(H,21,22). The van der Waals surface area contributed by atoms with Crippen molar-refractivity contribution in [2.45, 2.75) is 19.3 Å². The van der Waals surface area contributed by atoms with Crippen molar-refractivity contribution >= 4 is 17.6 Å². The molecule has 1 amide bonds. The van der Waals surface area contributed by atoms with Crippen LogP contribution in [0.1, 0.15) is 27.9 Å². The Kier molecular flexibility index (Phi) is 3.76. The summed E-state index contributed by atoms with van der Waals surface area (Å²) in [6, 6.07) is 11.8. The molecular formula is C19H18FN3O. The van der Waals surface area contributed by atoms with Crippen molar-refractivity contribution < 1.29 is 9.18 Å². The van der Waals surface area contributed by atoms with Gasteiger partial charge in [-0.25, -0.2) is 4.39 Å². The molecule has 122 valence electrons. The predicted octanol–water partition coefficient (Wildman–Crippen LogP) is 3.24. The van der Waals surface area contributed by atoms with E-state index in [2.05, 4.69) is 16.4 Å². The van der Waals surface area contributed by atoms with Crippen LogP contribution in [0, 0.1) is 5.82 Å². The second-order valence-corrected chi connectivity index (χ2v) is 6.09. The molecule has 5 heteroatoms. The van der Waals surface area contributed by atoms with Crippen molar-refractivity contribution in [3.8, 4) is 0 Å². The van der Waals surface area contributed by atoms with Gasteiger partial charge in [-0.15, -0.1) is 0 Å². The molecule has 0 radical (unpaired) electrons. The van der Waals surface area contributed by atoms with Crippen LogP contribution in [0.5, 0.6) is 0 Å². The molecule has 0 aromatic heterocycles. The minimum atomic E-state index is -0.347. The van der Waals surface area contributed by atoms with E-state index in [4.69, 9.17) is 0 Å². The fraction of sp³-hybridized carbons (Fsp3) is 0.263. The second kappa shape index (κ2) is 6.07. The number of fused-ring (bicyclic) bond motifs is 1. The Morgan fingerprint density at radius 3 is 2.79 bits per heavy atom. The molecule has 1 aliphatic carbocycles. The van der Waals surface area contributed by atoms with Gasteiger partial charge in [-0.3, -0.25) is 14.7 Å². The molecule has 2 aromatic rings. The number of hydrogen-bond acceptors (Lipinski definition) is 3. The van der Waals surface area contributed by atoms with Crippen molar-refractivity contribution in [1.82, 2.24) is 4.90 Å². The average Bonchev–Trinajstić information content (AvgIpc) is 3.24. The monoisotopic (exact) mass is 323 g/mol. The highest BCUT2D eigenvalue weighted by Crippen LogP contribution is 2.29. The number of hydrogen-bond donors (Lipinski definition) is 1. The van der Waals surface area contributed by atoms with Gasteiger partial charge >= 0.3 is 0 Å². The van der Waals surface area contributed by atoms with E-state index in [0.29, 0.717) is 24.6 Å². The minimum Gasteiger partial charge on any atom is -0.326 e. The van der Waals surface area contributed by atoms with Gasteiger partial charge in [-0.05, 0) is 60.7 Å². The average molecular weight is 323 g/mol. The number of aryl methyl sites for hydroxylation is 1. The van der Waals surface area contributed by atoms with Gasteiger partial charge < -0.3 is 5.32 Å². The first kappa shape index (κ1) is 14.9. The van der Waals surface area contributed by atoms with E-state index in [0.717, 1.165) is 18.5 Å². The number of guanidine groups is 1. The third kappa shape index (κ3) is 2.66. The molecule has 2 aliphatic rings. The Morgan fingerprint density at radius 1 is 1.12 bits per heavy atom. The molecule has 0 saturated heterocycles. The smallest absolute Gasteiger partial charge is 0.260 e. The van der Waals surface area contributed by atoms with Crippen LogP contribution in [0.25, 0.3) is 0 Å². The summed E-state index contributed by atoms with van der Waals surface area (Å²) in [5, 5.41) is 3.33. The first-order chi connectivity index (χ1) is 11.7. The number of carbonyl (C=O) groups excluding carboxylic acids is 1. The highest BCUT2D eigenvalue weighted by molar-refractivity contribution is 6.10. The van der Waals surface area contributed by atoms with Crippen LogP contribution in [0.15, 0.2) is 47.5 Å². The lowest BCUT2D eigenvalue weighted by molar-refractivity contribution is 0.0857. The number of halogens is 1. The van der Waals surface area contributed by atoms with Crippen molar-refractivity contribution in [2.24, 2.45) is 4.99 Å². The quantitative estimate of drug-likeness (QED) is 0.922. The molecule has 0 spiro atoms. The van der Waals surface area contributed by atoms with Crippen molar-refractivity contribution in [3.05, 3.63) is 65.0 Å². The summed E-state index contributed by atoms with van der Waals surface area (Å²) in [6.07, 6.45) is 3.33. The minimum absolute atomic E-state index is 0.161. The van der Waals surface area contributed by atoms with Gasteiger partial charge in [0.25, 0.3) is 5.91 Å². The summed E-state index contributed by atoms with van der Waals surface area (Å²) in [7, 11) is 0. The Balaban J connectivity index is 1.56. The molecule has 0 saturated carbocycles. The molecular weight excluding hydrogens is 305 g/mol. The number of amides is 1. The third-order valence-corrected chi connectivity index (χ3v) is 4.57. The van der Waals surface area contributed by atoms with Gasteiger partial charge in [0.05, 0.1) is 6.54 Å². The van der Waals surface area contributed by atoms with Gasteiger partial charge in [-0.2, -0.15) is 0 Å². The van der Waals surface area contributed by atoms with Gasteiger partial charge in [0.2, 0.25) is 5.96 Å². The topological polar surface area (TPSA) is 44.7 Å². The summed E-state index contributed by atoms with van der Waals surface area (Å²) >= 11 is 0. The number of aliphatic imine (C=N–C) groups is 1. The van der Waals surface area contributed by atoms with E-state index < -0.39 is 0 Å². The fourth-order valence-electron chi connectivity index (χ4n) is 3.36. The lowest BCUT2D eigenvalue weighted by atomic mass is 10.1. The van der Waals surface area contributed by atoms with E-state index in [1.54, 1.807) is 4.90 Å². The first-order valence-electron chi connectivity index (χ1n) is 8.22. The molecule has 1 heterocycles. The van der Waals surface area contributed by atoms with Crippen molar-refractivity contribution in [1.29, 1.82) is 0 Å². The van der Waals surface area contributed by atoms with Gasteiger partial charge in [-0.1, -0.05) is 12.1 Å². The van der Waals surface area contributed by atoms with Gasteiger partial charge in [0.15, 0.2) is 0 Å². The van der Waals surface area contributed by atoms with Crippen LogP contribution >= 0.6 is 0 Å². The number of rotatable bonds is 2. The molecule has 1 aliphatic heterocycles. The third-order valence-electron chi connectivity index (χ3n) is 4.57. The Morgan fingerprint density at radius 2 is 1.96 bits per heavy atom. The normalized spacial score (nSPS) is 16.0. The zero-order chi connectivity index (χ0) is 16.5. The van der Waals surface area contributed by atoms with Crippen LogP contribution in [0.2, 0.25) is 0 Å². The highest BCUT2D eigenvalue weighted by atomic mass is 19.1. The SMILES string of the molecule is O=C(c1ccc(F)cc1)N1CCN=C1Nc1cccc2c1CCC2. The van der Waals surface area contributed by atoms with Crippen molar-refractivity contribution in [3.63, 3.8) is 0 Å². The maximum Gasteiger partial charge on any atom is 0.260 e. The summed E-state index contributed by atoms with van der Waals surface area (Å²) in [5.41, 5.74) is 4.19. The molecule has 1 N–H and O–H groups in total. The molecule has 0 bridgehead atoms. The molecule has 0 unspecified atom stereocenters. The molecule has 2 aromatic carbocycles. The zero-order valence-electron chi connectivity index (χ0n) is 13.3. The summed E-state index contributed by atoms with van der Waals surface area (Å²) in [4.78, 5) is 18.7. The Labute approximate surface area is 140 Å². The summed E-state index contributed by atoms with van der Waals surface area (Å²) in [6.45, 7) is 1.11. The van der Waals surface area contributed by atoms with E-state index in [9.17, 15) is 9.18 Å². The molecule has 24 heavy (non-hydrogen) atoms. The lowest BCUT2D eigenvalue weighted by Gasteiger charge is -2.20.